The van der Waals surface area contributed by atoms with E-state index in [1.165, 1.54) is 18.6 Å². The van der Waals surface area contributed by atoms with Gasteiger partial charge >= 0.3 is 0 Å². The number of rotatable bonds is 4. The molecule has 4 nitrogen and oxygen atoms in total. The van der Waals surface area contributed by atoms with Gasteiger partial charge in [0.05, 0.1) is 4.90 Å². The maximum atomic E-state index is 12.1. The number of amides is 1. The van der Waals surface area contributed by atoms with Crippen LogP contribution in [-0.2, 0) is 9.05 Å². The van der Waals surface area contributed by atoms with Gasteiger partial charge in [-0.15, -0.1) is 0 Å². The molecule has 20 heavy (non-hydrogen) atoms. The van der Waals surface area contributed by atoms with E-state index < -0.39 is 9.05 Å². The molecule has 0 unspecified atom stereocenters. The Hall–Kier alpha value is -0.780. The average Bonchev–Trinajstić information content (AvgIpc) is 2.28. The molecule has 1 fully saturated rings. The van der Waals surface area contributed by atoms with Crippen LogP contribution in [0.3, 0.4) is 0 Å². The zero-order valence-corrected chi connectivity index (χ0v) is 13.3. The summed E-state index contributed by atoms with van der Waals surface area (Å²) in [4.78, 5) is 12.0. The molecule has 1 saturated carbocycles. The van der Waals surface area contributed by atoms with Gasteiger partial charge in [0.2, 0.25) is 0 Å². The smallest absolute Gasteiger partial charge is 0.261 e. The van der Waals surface area contributed by atoms with Crippen LogP contribution in [0.1, 0.15) is 35.2 Å². The van der Waals surface area contributed by atoms with Gasteiger partial charge in [0.25, 0.3) is 15.0 Å². The number of halogens is 2. The Morgan fingerprint density at radius 2 is 2.05 bits per heavy atom. The number of hydrogen-bond acceptors (Lipinski definition) is 3. The van der Waals surface area contributed by atoms with Crippen LogP contribution in [0.15, 0.2) is 17.0 Å². The zero-order valence-electron chi connectivity index (χ0n) is 10.9. The summed E-state index contributed by atoms with van der Waals surface area (Å²) < 4.78 is 22.7. The van der Waals surface area contributed by atoms with Crippen molar-refractivity contribution in [1.82, 2.24) is 5.32 Å². The van der Waals surface area contributed by atoms with Crippen molar-refractivity contribution in [2.24, 2.45) is 5.92 Å². The Kier molecular flexibility index (Phi) is 4.62. The minimum Gasteiger partial charge on any atom is -0.352 e. The second kappa shape index (κ2) is 5.92. The molecule has 0 spiro atoms. The molecular formula is C13H15Cl2NO3S. The molecule has 7 heteroatoms. The number of hydrogen-bond donors (Lipinski definition) is 1. The van der Waals surface area contributed by atoms with E-state index >= 15 is 0 Å². The van der Waals surface area contributed by atoms with Gasteiger partial charge in [-0.3, -0.25) is 4.79 Å². The molecule has 1 aromatic rings. The second-order valence-electron chi connectivity index (χ2n) is 5.02. The third-order valence-electron chi connectivity index (χ3n) is 3.62. The lowest BCUT2D eigenvalue weighted by atomic mass is 9.85. The van der Waals surface area contributed by atoms with Crippen LogP contribution >= 0.6 is 22.3 Å². The quantitative estimate of drug-likeness (QED) is 0.860. The Balaban J connectivity index is 2.24. The van der Waals surface area contributed by atoms with Gasteiger partial charge in [-0.25, -0.2) is 8.42 Å². The van der Waals surface area contributed by atoms with Crippen molar-refractivity contribution < 1.29 is 13.2 Å². The highest BCUT2D eigenvalue weighted by Crippen LogP contribution is 2.27. The molecule has 1 aliphatic rings. The largest absolute Gasteiger partial charge is 0.352 e. The van der Waals surface area contributed by atoms with Crippen LogP contribution in [0, 0.1) is 12.8 Å². The van der Waals surface area contributed by atoms with Crippen LogP contribution in [-0.4, -0.2) is 20.9 Å². The number of carbonyl (C=O) groups excluding carboxylic acids is 1. The molecular weight excluding hydrogens is 321 g/mol. The molecule has 0 bridgehead atoms. The second-order valence-corrected chi connectivity index (χ2v) is 8.00. The maximum Gasteiger partial charge on any atom is 0.261 e. The Bertz CT molecular complexity index is 639. The maximum absolute atomic E-state index is 12.1. The van der Waals surface area contributed by atoms with Gasteiger partial charge in [-0.2, -0.15) is 0 Å². The van der Waals surface area contributed by atoms with Crippen LogP contribution in [0.25, 0.3) is 0 Å². The monoisotopic (exact) mass is 335 g/mol. The molecule has 0 saturated heterocycles. The lowest BCUT2D eigenvalue weighted by Crippen LogP contribution is -2.32. The third kappa shape index (κ3) is 3.45. The number of benzene rings is 1. The Morgan fingerprint density at radius 1 is 1.40 bits per heavy atom. The van der Waals surface area contributed by atoms with Gasteiger partial charge in [0, 0.05) is 27.8 Å². The van der Waals surface area contributed by atoms with Crippen molar-refractivity contribution in [3.05, 3.63) is 28.3 Å². The fourth-order valence-corrected chi connectivity index (χ4v) is 3.13. The molecule has 2 rings (SSSR count). The number of nitrogens with one attached hydrogen (secondary N) is 1. The van der Waals surface area contributed by atoms with Crippen molar-refractivity contribution >= 4 is 37.2 Å². The van der Waals surface area contributed by atoms with E-state index in [0.29, 0.717) is 18.0 Å². The highest BCUT2D eigenvalue weighted by molar-refractivity contribution is 8.13. The van der Waals surface area contributed by atoms with E-state index in [2.05, 4.69) is 5.32 Å². The number of carbonyl (C=O) groups is 1. The van der Waals surface area contributed by atoms with E-state index in [0.717, 1.165) is 12.8 Å². The zero-order chi connectivity index (χ0) is 14.9. The normalized spacial score (nSPS) is 15.8. The lowest BCUT2D eigenvalue weighted by molar-refractivity contribution is 0.0938. The predicted molar refractivity (Wildman–Crippen MR) is 78.9 cm³/mol. The molecule has 1 N–H and O–H groups in total. The summed E-state index contributed by atoms with van der Waals surface area (Å²) in [5.41, 5.74) is 0.790. The van der Waals surface area contributed by atoms with E-state index in [-0.39, 0.29) is 21.4 Å². The van der Waals surface area contributed by atoms with Gasteiger partial charge < -0.3 is 5.32 Å². The van der Waals surface area contributed by atoms with Crippen LogP contribution in [0.2, 0.25) is 5.02 Å². The van der Waals surface area contributed by atoms with Crippen molar-refractivity contribution in [1.29, 1.82) is 0 Å². The van der Waals surface area contributed by atoms with E-state index in [4.69, 9.17) is 22.3 Å². The van der Waals surface area contributed by atoms with Crippen LogP contribution in [0.5, 0.6) is 0 Å². The highest BCUT2D eigenvalue weighted by Gasteiger charge is 2.21. The summed E-state index contributed by atoms with van der Waals surface area (Å²) in [5, 5.41) is 3.02. The van der Waals surface area contributed by atoms with Crippen LogP contribution in [0.4, 0.5) is 0 Å². The summed E-state index contributed by atoms with van der Waals surface area (Å²) in [6.07, 6.45) is 3.44. The molecule has 0 atom stereocenters. The summed E-state index contributed by atoms with van der Waals surface area (Å²) in [7, 11) is 1.39. The van der Waals surface area contributed by atoms with Crippen molar-refractivity contribution in [2.75, 3.05) is 6.54 Å². The van der Waals surface area contributed by atoms with Gasteiger partial charge in [-0.1, -0.05) is 18.0 Å². The van der Waals surface area contributed by atoms with Crippen molar-refractivity contribution in [3.63, 3.8) is 0 Å². The van der Waals surface area contributed by atoms with Crippen molar-refractivity contribution in [3.8, 4) is 0 Å². The summed E-state index contributed by atoms with van der Waals surface area (Å²) in [6.45, 7) is 2.28. The van der Waals surface area contributed by atoms with E-state index in [1.807, 2.05) is 0 Å². The first-order chi connectivity index (χ1) is 9.29. The first-order valence-electron chi connectivity index (χ1n) is 6.32. The van der Waals surface area contributed by atoms with E-state index in [9.17, 15) is 13.2 Å². The predicted octanol–water partition coefficient (Wildman–Crippen LogP) is 3.11. The molecule has 1 aliphatic carbocycles. The fourth-order valence-electron chi connectivity index (χ4n) is 2.06. The fraction of sp³-hybridized carbons (Fsp3) is 0.462. The minimum atomic E-state index is -3.92. The molecule has 0 heterocycles. The summed E-state index contributed by atoms with van der Waals surface area (Å²) >= 11 is 5.97. The summed E-state index contributed by atoms with van der Waals surface area (Å²) in [5.74, 6) is 0.202. The Morgan fingerprint density at radius 3 is 2.55 bits per heavy atom. The molecule has 0 radical (unpaired) electrons. The van der Waals surface area contributed by atoms with Gasteiger partial charge in [-0.05, 0) is 43.4 Å². The topological polar surface area (TPSA) is 63.2 Å². The lowest BCUT2D eigenvalue weighted by Gasteiger charge is -2.25. The minimum absolute atomic E-state index is 0.163. The van der Waals surface area contributed by atoms with Gasteiger partial charge in [0.15, 0.2) is 0 Å². The standard InChI is InChI=1S/C13H15Cl2NO3S/c1-8-11(13(17)16-7-9-3-2-4-9)5-10(6-12(8)14)20(15,18)19/h5-6,9H,2-4,7H2,1H3,(H,16,17). The average molecular weight is 336 g/mol. The SMILES string of the molecule is Cc1c(Cl)cc(S(=O)(=O)Cl)cc1C(=O)NCC1CCC1. The first-order valence-corrected chi connectivity index (χ1v) is 9.01. The molecule has 0 aliphatic heterocycles. The third-order valence-corrected chi connectivity index (χ3v) is 5.35. The Labute approximate surface area is 127 Å². The van der Waals surface area contributed by atoms with Gasteiger partial charge in [0.1, 0.15) is 0 Å². The van der Waals surface area contributed by atoms with Crippen LogP contribution < -0.4 is 5.32 Å². The molecule has 110 valence electrons. The molecule has 1 amide bonds. The van der Waals surface area contributed by atoms with E-state index in [1.54, 1.807) is 6.92 Å². The molecule has 0 aromatic heterocycles. The van der Waals surface area contributed by atoms with Crippen molar-refractivity contribution in [2.45, 2.75) is 31.1 Å². The highest BCUT2D eigenvalue weighted by atomic mass is 35.7. The molecule has 1 aromatic carbocycles. The summed E-state index contributed by atoms with van der Waals surface area (Å²) in [6, 6.07) is 2.52. The first kappa shape index (κ1) is 15.6.